The van der Waals surface area contributed by atoms with E-state index in [4.69, 9.17) is 0 Å². The first-order chi connectivity index (χ1) is 12.5. The number of hydrogen-bond acceptors (Lipinski definition) is 3. The number of piperidine rings is 1. The maximum Gasteiger partial charge on any atom is 0.251 e. The maximum atomic E-state index is 12.3. The van der Waals surface area contributed by atoms with Crippen LogP contribution < -0.4 is 16.0 Å². The van der Waals surface area contributed by atoms with Crippen LogP contribution in [0.25, 0.3) is 0 Å². The first kappa shape index (κ1) is 23.4. The van der Waals surface area contributed by atoms with E-state index in [-0.39, 0.29) is 30.3 Å². The molecule has 0 bridgehead atoms. The summed E-state index contributed by atoms with van der Waals surface area (Å²) in [5.74, 6) is 0.987. The lowest BCUT2D eigenvalue weighted by Gasteiger charge is -2.28. The van der Waals surface area contributed by atoms with Gasteiger partial charge in [-0.25, -0.2) is 0 Å². The van der Waals surface area contributed by atoms with Gasteiger partial charge in [-0.2, -0.15) is 0 Å². The largest absolute Gasteiger partial charge is 0.352 e. The summed E-state index contributed by atoms with van der Waals surface area (Å²) in [5.41, 5.74) is 1.58. The fourth-order valence-corrected chi connectivity index (χ4v) is 3.33. The lowest BCUT2D eigenvalue weighted by Crippen LogP contribution is -2.35. The molecule has 1 aliphatic rings. The van der Waals surface area contributed by atoms with Gasteiger partial charge in [0.2, 0.25) is 5.91 Å². The summed E-state index contributed by atoms with van der Waals surface area (Å²) in [7, 11) is 0. The number of benzene rings is 1. The molecule has 3 unspecified atom stereocenters. The molecule has 3 N–H and O–H groups in total. The summed E-state index contributed by atoms with van der Waals surface area (Å²) >= 11 is 0. The lowest BCUT2D eigenvalue weighted by molar-refractivity contribution is -0.122. The summed E-state index contributed by atoms with van der Waals surface area (Å²) in [4.78, 5) is 24.5. The Kier molecular flexibility index (Phi) is 10.4. The Morgan fingerprint density at radius 2 is 2.07 bits per heavy atom. The van der Waals surface area contributed by atoms with E-state index in [0.29, 0.717) is 30.4 Å². The molecule has 0 radical (unpaired) electrons. The average molecular weight is 396 g/mol. The molecule has 1 saturated heterocycles. The van der Waals surface area contributed by atoms with Gasteiger partial charge in [-0.05, 0) is 68.8 Å². The van der Waals surface area contributed by atoms with Crippen molar-refractivity contribution in [1.29, 1.82) is 0 Å². The second-order valence-electron chi connectivity index (χ2n) is 7.55. The lowest BCUT2D eigenvalue weighted by atomic mass is 9.85. The number of nitrogens with one attached hydrogen (secondary N) is 3. The first-order valence-corrected chi connectivity index (χ1v) is 9.86. The third-order valence-corrected chi connectivity index (χ3v) is 5.32. The van der Waals surface area contributed by atoms with E-state index in [1.807, 2.05) is 32.0 Å². The van der Waals surface area contributed by atoms with Crippen molar-refractivity contribution in [3.8, 4) is 0 Å². The molecule has 1 aromatic rings. The molecule has 0 saturated carbocycles. The van der Waals surface area contributed by atoms with E-state index >= 15 is 0 Å². The van der Waals surface area contributed by atoms with Gasteiger partial charge >= 0.3 is 0 Å². The van der Waals surface area contributed by atoms with E-state index < -0.39 is 0 Å². The monoisotopic (exact) mass is 395 g/mol. The Balaban J connectivity index is 0.00000364. The molecule has 2 amide bonds. The fourth-order valence-electron chi connectivity index (χ4n) is 3.33. The number of carbonyl (C=O) groups excluding carboxylic acids is 2. The Morgan fingerprint density at radius 3 is 2.74 bits per heavy atom. The number of halogens is 1. The summed E-state index contributed by atoms with van der Waals surface area (Å²) in [5, 5.41) is 9.38. The van der Waals surface area contributed by atoms with Gasteiger partial charge in [-0.15, -0.1) is 12.4 Å². The highest BCUT2D eigenvalue weighted by molar-refractivity contribution is 5.94. The summed E-state index contributed by atoms with van der Waals surface area (Å²) in [6.07, 6.45) is 3.85. The van der Waals surface area contributed by atoms with Crippen molar-refractivity contribution in [3.05, 3.63) is 35.4 Å². The Morgan fingerprint density at radius 1 is 1.30 bits per heavy atom. The molecule has 0 spiro atoms. The van der Waals surface area contributed by atoms with Crippen LogP contribution in [0.15, 0.2) is 24.3 Å². The van der Waals surface area contributed by atoms with Gasteiger partial charge in [0, 0.05) is 24.6 Å². The van der Waals surface area contributed by atoms with Crippen molar-refractivity contribution in [2.75, 3.05) is 13.1 Å². The molecular formula is C21H34ClN3O2. The quantitative estimate of drug-likeness (QED) is 0.632. The Hall–Kier alpha value is -1.59. The number of carbonyl (C=O) groups is 2. The van der Waals surface area contributed by atoms with Gasteiger partial charge in [0.05, 0.1) is 0 Å². The number of rotatable bonds is 8. The molecule has 152 valence electrons. The van der Waals surface area contributed by atoms with Crippen LogP contribution >= 0.6 is 12.4 Å². The minimum Gasteiger partial charge on any atom is -0.352 e. The topological polar surface area (TPSA) is 70.2 Å². The average Bonchev–Trinajstić information content (AvgIpc) is 2.67. The highest BCUT2D eigenvalue weighted by Gasteiger charge is 2.21. The van der Waals surface area contributed by atoms with E-state index in [2.05, 4.69) is 22.9 Å². The molecule has 1 aliphatic heterocycles. The van der Waals surface area contributed by atoms with Crippen LogP contribution in [0.3, 0.4) is 0 Å². The highest BCUT2D eigenvalue weighted by Crippen LogP contribution is 2.22. The molecule has 0 aliphatic carbocycles. The molecule has 6 heteroatoms. The summed E-state index contributed by atoms with van der Waals surface area (Å²) < 4.78 is 0. The molecule has 1 aromatic carbocycles. The van der Waals surface area contributed by atoms with Crippen molar-refractivity contribution in [1.82, 2.24) is 16.0 Å². The van der Waals surface area contributed by atoms with Crippen LogP contribution in [-0.2, 0) is 11.3 Å². The predicted octanol–water partition coefficient (Wildman–Crippen LogP) is 3.28. The van der Waals surface area contributed by atoms with Crippen molar-refractivity contribution >= 4 is 24.2 Å². The van der Waals surface area contributed by atoms with Crippen LogP contribution in [0.2, 0.25) is 0 Å². The highest BCUT2D eigenvalue weighted by atomic mass is 35.5. The molecule has 2 rings (SSSR count). The first-order valence-electron chi connectivity index (χ1n) is 9.86. The minimum atomic E-state index is -0.0639. The SMILES string of the molecule is CCC(C)NC(=O)c1cccc(CNC(=O)CC(C)C2CCCNC2)c1.Cl. The third-order valence-electron chi connectivity index (χ3n) is 5.32. The number of hydrogen-bond donors (Lipinski definition) is 3. The van der Waals surface area contributed by atoms with Crippen molar-refractivity contribution in [2.45, 2.75) is 59.0 Å². The maximum absolute atomic E-state index is 12.3. The van der Waals surface area contributed by atoms with Gasteiger partial charge in [-0.3, -0.25) is 9.59 Å². The van der Waals surface area contributed by atoms with Crippen LogP contribution in [-0.4, -0.2) is 30.9 Å². The minimum absolute atomic E-state index is 0. The smallest absolute Gasteiger partial charge is 0.251 e. The van der Waals surface area contributed by atoms with Gasteiger partial charge in [0.1, 0.15) is 0 Å². The van der Waals surface area contributed by atoms with Gasteiger partial charge in [-0.1, -0.05) is 26.0 Å². The zero-order valence-corrected chi connectivity index (χ0v) is 17.5. The predicted molar refractivity (Wildman–Crippen MR) is 112 cm³/mol. The fraction of sp³-hybridized carbons (Fsp3) is 0.619. The molecule has 27 heavy (non-hydrogen) atoms. The molecular weight excluding hydrogens is 362 g/mol. The van der Waals surface area contributed by atoms with E-state index in [0.717, 1.165) is 25.1 Å². The molecule has 0 aromatic heterocycles. The normalized spacial score (nSPS) is 18.7. The van der Waals surface area contributed by atoms with Crippen LogP contribution in [0.1, 0.15) is 62.4 Å². The van der Waals surface area contributed by atoms with Crippen molar-refractivity contribution in [3.63, 3.8) is 0 Å². The summed E-state index contributed by atoms with van der Waals surface area (Å²) in [6.45, 7) is 8.76. The molecule has 5 nitrogen and oxygen atoms in total. The van der Waals surface area contributed by atoms with Crippen molar-refractivity contribution in [2.24, 2.45) is 11.8 Å². The van der Waals surface area contributed by atoms with E-state index in [1.165, 1.54) is 12.8 Å². The number of amides is 2. The van der Waals surface area contributed by atoms with Crippen LogP contribution in [0.5, 0.6) is 0 Å². The van der Waals surface area contributed by atoms with Gasteiger partial charge < -0.3 is 16.0 Å². The zero-order chi connectivity index (χ0) is 18.9. The molecule has 1 heterocycles. The Labute approximate surface area is 169 Å². The second-order valence-corrected chi connectivity index (χ2v) is 7.55. The second kappa shape index (κ2) is 12.0. The third kappa shape index (κ3) is 7.89. The van der Waals surface area contributed by atoms with E-state index in [1.54, 1.807) is 6.07 Å². The van der Waals surface area contributed by atoms with Crippen molar-refractivity contribution < 1.29 is 9.59 Å². The standard InChI is InChI=1S/C21H33N3O2.ClH/c1-4-16(3)24-21(26)18-8-5-7-17(12-18)13-23-20(25)11-15(2)19-9-6-10-22-14-19;/h5,7-8,12,15-16,19,22H,4,6,9-11,13-14H2,1-3H3,(H,23,25)(H,24,26);1H. The Bertz CT molecular complexity index is 603. The van der Waals surface area contributed by atoms with E-state index in [9.17, 15) is 9.59 Å². The molecule has 3 atom stereocenters. The summed E-state index contributed by atoms with van der Waals surface area (Å²) in [6, 6.07) is 7.62. The van der Waals surface area contributed by atoms with Crippen LogP contribution in [0.4, 0.5) is 0 Å². The molecule has 1 fully saturated rings. The van der Waals surface area contributed by atoms with Gasteiger partial charge in [0.25, 0.3) is 5.91 Å². The van der Waals surface area contributed by atoms with Crippen LogP contribution in [0, 0.1) is 11.8 Å². The zero-order valence-electron chi connectivity index (χ0n) is 16.7. The van der Waals surface area contributed by atoms with Gasteiger partial charge in [0.15, 0.2) is 0 Å².